The molecule has 4 nitrogen and oxygen atoms in total. The minimum Gasteiger partial charge on any atom is -0.308 e. The summed E-state index contributed by atoms with van der Waals surface area (Å²) in [6.07, 6.45) is 0. The predicted octanol–water partition coefficient (Wildman–Crippen LogP) is 2.81. The Morgan fingerprint density at radius 2 is 1.94 bits per heavy atom. The molecule has 0 fully saturated rings. The van der Waals surface area contributed by atoms with Crippen LogP contribution in [0.1, 0.15) is 11.3 Å². The molecule has 0 saturated carbocycles. The van der Waals surface area contributed by atoms with E-state index < -0.39 is 0 Å². The van der Waals surface area contributed by atoms with Crippen molar-refractivity contribution in [2.45, 2.75) is 13.8 Å². The van der Waals surface area contributed by atoms with Gasteiger partial charge >= 0.3 is 0 Å². The van der Waals surface area contributed by atoms with Gasteiger partial charge in [0.1, 0.15) is 5.82 Å². The molecule has 2 aromatic rings. The first-order valence-corrected chi connectivity index (χ1v) is 5.98. The van der Waals surface area contributed by atoms with Crippen molar-refractivity contribution in [3.05, 3.63) is 40.0 Å². The first-order valence-electron chi connectivity index (χ1n) is 5.19. The Morgan fingerprint density at radius 1 is 1.18 bits per heavy atom. The summed E-state index contributed by atoms with van der Waals surface area (Å²) in [5.41, 5.74) is 5.55. The van der Waals surface area contributed by atoms with Crippen LogP contribution in [0.3, 0.4) is 0 Å². The lowest BCUT2D eigenvalue weighted by atomic mass is 10.1. The van der Waals surface area contributed by atoms with E-state index in [0.717, 1.165) is 15.7 Å². The molecule has 0 spiro atoms. The number of nitrogens with zero attached hydrogens (tertiary/aromatic N) is 2. The van der Waals surface area contributed by atoms with Crippen LogP contribution in [0, 0.1) is 13.8 Å². The Bertz CT molecular complexity index is 554. The van der Waals surface area contributed by atoms with Crippen molar-refractivity contribution in [2.24, 2.45) is 5.84 Å². The van der Waals surface area contributed by atoms with Crippen LogP contribution in [0.15, 0.2) is 28.7 Å². The van der Waals surface area contributed by atoms with Crippen molar-refractivity contribution in [1.29, 1.82) is 0 Å². The first-order chi connectivity index (χ1) is 8.10. The van der Waals surface area contributed by atoms with Gasteiger partial charge in [0.25, 0.3) is 0 Å². The fourth-order valence-electron chi connectivity index (χ4n) is 1.56. The van der Waals surface area contributed by atoms with Gasteiger partial charge in [-0.25, -0.2) is 15.8 Å². The summed E-state index contributed by atoms with van der Waals surface area (Å²) in [7, 11) is 0. The highest BCUT2D eigenvalue weighted by Gasteiger charge is 2.08. The molecule has 1 heterocycles. The van der Waals surface area contributed by atoms with E-state index in [1.165, 1.54) is 5.56 Å². The number of rotatable bonds is 2. The lowest BCUT2D eigenvalue weighted by molar-refractivity contribution is 1.09. The van der Waals surface area contributed by atoms with Crippen LogP contribution >= 0.6 is 15.9 Å². The fraction of sp³-hybridized carbons (Fsp3) is 0.167. The van der Waals surface area contributed by atoms with Gasteiger partial charge in [0.15, 0.2) is 5.82 Å². The van der Waals surface area contributed by atoms with Gasteiger partial charge in [-0.1, -0.05) is 22.0 Å². The second kappa shape index (κ2) is 4.81. The minimum atomic E-state index is 0.611. The number of hydrogen-bond donors (Lipinski definition) is 2. The van der Waals surface area contributed by atoms with E-state index in [0.29, 0.717) is 11.6 Å². The summed E-state index contributed by atoms with van der Waals surface area (Å²) in [6, 6.07) is 7.86. The smallest absolute Gasteiger partial charge is 0.162 e. The molecule has 0 saturated heterocycles. The van der Waals surface area contributed by atoms with Gasteiger partial charge in [0.2, 0.25) is 0 Å². The first kappa shape index (κ1) is 12.0. The third-order valence-electron chi connectivity index (χ3n) is 2.37. The Labute approximate surface area is 108 Å². The van der Waals surface area contributed by atoms with Crippen molar-refractivity contribution in [3.63, 3.8) is 0 Å². The summed E-state index contributed by atoms with van der Waals surface area (Å²) in [5, 5.41) is 0. The maximum Gasteiger partial charge on any atom is 0.162 e. The highest BCUT2D eigenvalue weighted by atomic mass is 79.9. The van der Waals surface area contributed by atoms with E-state index in [9.17, 15) is 0 Å². The zero-order chi connectivity index (χ0) is 12.4. The molecule has 2 rings (SSSR count). The van der Waals surface area contributed by atoms with Crippen molar-refractivity contribution >= 4 is 21.7 Å². The number of nitrogens with one attached hydrogen (secondary N) is 1. The van der Waals surface area contributed by atoms with E-state index in [1.807, 2.05) is 32.0 Å². The van der Waals surface area contributed by atoms with Gasteiger partial charge in [-0.3, -0.25) is 0 Å². The average molecular weight is 293 g/mol. The van der Waals surface area contributed by atoms with Crippen LogP contribution in [0.25, 0.3) is 11.4 Å². The molecule has 3 N–H and O–H groups in total. The maximum atomic E-state index is 5.38. The molecule has 1 aromatic carbocycles. The van der Waals surface area contributed by atoms with Gasteiger partial charge in [0, 0.05) is 21.8 Å². The molecule has 0 aliphatic rings. The number of nitrogens with two attached hydrogens (primary N) is 1. The van der Waals surface area contributed by atoms with E-state index in [1.54, 1.807) is 6.07 Å². The molecule has 0 aliphatic heterocycles. The van der Waals surface area contributed by atoms with Crippen molar-refractivity contribution in [3.8, 4) is 11.4 Å². The van der Waals surface area contributed by atoms with Crippen LogP contribution < -0.4 is 11.3 Å². The Hall–Kier alpha value is -1.46. The molecule has 1 aromatic heterocycles. The molecule has 0 atom stereocenters. The number of hydrazine groups is 1. The number of halogens is 1. The Morgan fingerprint density at radius 3 is 2.59 bits per heavy atom. The number of benzene rings is 1. The number of nitrogen functional groups attached to an aromatic ring is 1. The molecule has 0 bridgehead atoms. The summed E-state index contributed by atoms with van der Waals surface area (Å²) in [6.45, 7) is 3.95. The summed E-state index contributed by atoms with van der Waals surface area (Å²) >= 11 is 3.52. The minimum absolute atomic E-state index is 0.611. The van der Waals surface area contributed by atoms with Crippen LogP contribution in [0.5, 0.6) is 0 Å². The molecule has 5 heteroatoms. The van der Waals surface area contributed by atoms with Crippen molar-refractivity contribution in [1.82, 2.24) is 9.97 Å². The van der Waals surface area contributed by atoms with Gasteiger partial charge < -0.3 is 5.43 Å². The summed E-state index contributed by atoms with van der Waals surface area (Å²) in [5.74, 6) is 6.64. The normalized spacial score (nSPS) is 10.4. The SMILES string of the molecule is Cc1ccc(-c2nc(C)cc(NN)n2)c(Br)c1. The topological polar surface area (TPSA) is 63.8 Å². The van der Waals surface area contributed by atoms with Gasteiger partial charge in [-0.15, -0.1) is 0 Å². The van der Waals surface area contributed by atoms with Crippen LogP contribution in [0.2, 0.25) is 0 Å². The quantitative estimate of drug-likeness (QED) is 0.660. The monoisotopic (exact) mass is 292 g/mol. The molecule has 0 unspecified atom stereocenters. The van der Waals surface area contributed by atoms with Crippen molar-refractivity contribution < 1.29 is 0 Å². The second-order valence-electron chi connectivity index (χ2n) is 3.85. The summed E-state index contributed by atoms with van der Waals surface area (Å²) in [4.78, 5) is 8.74. The lowest BCUT2D eigenvalue weighted by Crippen LogP contribution is -2.10. The molecule has 17 heavy (non-hydrogen) atoms. The number of hydrogen-bond acceptors (Lipinski definition) is 4. The summed E-state index contributed by atoms with van der Waals surface area (Å²) < 4.78 is 0.978. The number of anilines is 1. The van der Waals surface area contributed by atoms with Crippen molar-refractivity contribution in [2.75, 3.05) is 5.43 Å². The van der Waals surface area contributed by atoms with Gasteiger partial charge in [0.05, 0.1) is 0 Å². The standard InChI is InChI=1S/C12H13BrN4/c1-7-3-4-9(10(13)5-7)12-15-8(2)6-11(16-12)17-14/h3-6H,14H2,1-2H3,(H,15,16,17). The maximum absolute atomic E-state index is 5.38. The van der Waals surface area contributed by atoms with E-state index in [-0.39, 0.29) is 0 Å². The number of aryl methyl sites for hydroxylation is 2. The van der Waals surface area contributed by atoms with E-state index >= 15 is 0 Å². The molecular formula is C12H13BrN4. The fourth-order valence-corrected chi connectivity index (χ4v) is 2.23. The zero-order valence-corrected chi connectivity index (χ0v) is 11.2. The lowest BCUT2D eigenvalue weighted by Gasteiger charge is -2.07. The molecule has 0 aliphatic carbocycles. The van der Waals surface area contributed by atoms with Crippen LogP contribution in [-0.4, -0.2) is 9.97 Å². The Kier molecular flexibility index (Phi) is 3.40. The zero-order valence-electron chi connectivity index (χ0n) is 9.66. The van der Waals surface area contributed by atoms with Crippen LogP contribution in [-0.2, 0) is 0 Å². The highest BCUT2D eigenvalue weighted by Crippen LogP contribution is 2.27. The highest BCUT2D eigenvalue weighted by molar-refractivity contribution is 9.10. The van der Waals surface area contributed by atoms with E-state index in [2.05, 4.69) is 31.3 Å². The molecule has 0 amide bonds. The molecule has 0 radical (unpaired) electrons. The van der Waals surface area contributed by atoms with Crippen LogP contribution in [0.4, 0.5) is 5.82 Å². The average Bonchev–Trinajstić information content (AvgIpc) is 2.28. The van der Waals surface area contributed by atoms with Gasteiger partial charge in [-0.2, -0.15) is 0 Å². The third-order valence-corrected chi connectivity index (χ3v) is 3.02. The Balaban J connectivity index is 2.55. The molecule has 88 valence electrons. The number of aromatic nitrogens is 2. The molecular weight excluding hydrogens is 280 g/mol. The van der Waals surface area contributed by atoms with E-state index in [4.69, 9.17) is 5.84 Å². The predicted molar refractivity (Wildman–Crippen MR) is 72.5 cm³/mol. The second-order valence-corrected chi connectivity index (χ2v) is 4.70. The van der Waals surface area contributed by atoms with Gasteiger partial charge in [-0.05, 0) is 31.5 Å². The largest absolute Gasteiger partial charge is 0.308 e. The third kappa shape index (κ3) is 2.62.